The monoisotopic (exact) mass is 253 g/mol. The van der Waals surface area contributed by atoms with E-state index in [0.29, 0.717) is 6.04 Å². The zero-order valence-corrected chi connectivity index (χ0v) is 10.7. The fourth-order valence-electron chi connectivity index (χ4n) is 2.50. The lowest BCUT2D eigenvalue weighted by Gasteiger charge is -2.21. The van der Waals surface area contributed by atoms with E-state index >= 15 is 0 Å². The maximum absolute atomic E-state index is 10.9. The topological polar surface area (TPSA) is 49.3 Å². The van der Waals surface area contributed by atoms with E-state index in [4.69, 9.17) is 5.11 Å². The summed E-state index contributed by atoms with van der Waals surface area (Å²) >= 11 is 1.70. The molecule has 1 unspecified atom stereocenters. The van der Waals surface area contributed by atoms with E-state index in [-0.39, 0.29) is 12.5 Å². The molecule has 1 fully saturated rings. The van der Waals surface area contributed by atoms with E-state index < -0.39 is 5.97 Å². The fourth-order valence-corrected chi connectivity index (χ4v) is 3.28. The average molecular weight is 253 g/mol. The second kappa shape index (κ2) is 6.17. The predicted octanol–water partition coefficient (Wildman–Crippen LogP) is 2.67. The van der Waals surface area contributed by atoms with Crippen LogP contribution in [0.2, 0.25) is 0 Å². The SMILES string of the molecule is O=C(O)CC(Cc1cccs1)NC1CCCC1. The van der Waals surface area contributed by atoms with Gasteiger partial charge in [-0.3, -0.25) is 4.79 Å². The molecule has 1 aliphatic rings. The summed E-state index contributed by atoms with van der Waals surface area (Å²) in [5.41, 5.74) is 0. The number of aliphatic carboxylic acids is 1. The summed E-state index contributed by atoms with van der Waals surface area (Å²) < 4.78 is 0. The van der Waals surface area contributed by atoms with E-state index in [2.05, 4.69) is 11.4 Å². The summed E-state index contributed by atoms with van der Waals surface area (Å²) in [5.74, 6) is -0.711. The number of carbonyl (C=O) groups is 1. The number of hydrogen-bond acceptors (Lipinski definition) is 3. The van der Waals surface area contributed by atoms with Crippen molar-refractivity contribution < 1.29 is 9.90 Å². The first-order valence-corrected chi connectivity index (χ1v) is 7.12. The van der Waals surface area contributed by atoms with Gasteiger partial charge in [-0.15, -0.1) is 11.3 Å². The van der Waals surface area contributed by atoms with Gasteiger partial charge in [0, 0.05) is 17.0 Å². The van der Waals surface area contributed by atoms with Gasteiger partial charge in [0.2, 0.25) is 0 Å². The highest BCUT2D eigenvalue weighted by Crippen LogP contribution is 2.20. The molecule has 0 radical (unpaired) electrons. The summed E-state index contributed by atoms with van der Waals surface area (Å²) in [6, 6.07) is 4.71. The van der Waals surface area contributed by atoms with Crippen molar-refractivity contribution in [3.8, 4) is 0 Å². The molecule has 2 rings (SSSR count). The molecule has 4 heteroatoms. The normalized spacial score (nSPS) is 18.4. The minimum absolute atomic E-state index is 0.0780. The summed E-state index contributed by atoms with van der Waals surface area (Å²) in [5, 5.41) is 14.5. The Morgan fingerprint density at radius 2 is 2.29 bits per heavy atom. The molecule has 1 saturated carbocycles. The first kappa shape index (κ1) is 12.6. The molecule has 1 heterocycles. The van der Waals surface area contributed by atoms with Crippen molar-refractivity contribution in [2.75, 3.05) is 0 Å². The van der Waals surface area contributed by atoms with Crippen LogP contribution < -0.4 is 5.32 Å². The van der Waals surface area contributed by atoms with Crippen LogP contribution in [-0.2, 0) is 11.2 Å². The smallest absolute Gasteiger partial charge is 0.304 e. The Morgan fingerprint density at radius 1 is 1.53 bits per heavy atom. The van der Waals surface area contributed by atoms with Gasteiger partial charge in [-0.25, -0.2) is 0 Å². The molecule has 0 spiro atoms. The number of nitrogens with one attached hydrogen (secondary N) is 1. The molecule has 1 aliphatic carbocycles. The molecule has 0 aromatic carbocycles. The quantitative estimate of drug-likeness (QED) is 0.819. The number of hydrogen-bond donors (Lipinski definition) is 2. The third kappa shape index (κ3) is 4.13. The van der Waals surface area contributed by atoms with E-state index in [1.165, 1.54) is 30.6 Å². The van der Waals surface area contributed by atoms with Crippen molar-refractivity contribution in [1.29, 1.82) is 0 Å². The highest BCUT2D eigenvalue weighted by Gasteiger charge is 2.21. The van der Waals surface area contributed by atoms with Gasteiger partial charge in [-0.05, 0) is 30.7 Å². The van der Waals surface area contributed by atoms with Crippen LogP contribution in [-0.4, -0.2) is 23.2 Å². The molecule has 0 bridgehead atoms. The molecule has 2 N–H and O–H groups in total. The molecule has 3 nitrogen and oxygen atoms in total. The highest BCUT2D eigenvalue weighted by molar-refractivity contribution is 7.09. The van der Waals surface area contributed by atoms with Crippen LogP contribution >= 0.6 is 11.3 Å². The number of carboxylic acid groups (broad SMARTS) is 1. The summed E-state index contributed by atoms with van der Waals surface area (Å²) in [6.07, 6.45) is 5.99. The van der Waals surface area contributed by atoms with Gasteiger partial charge in [-0.1, -0.05) is 18.9 Å². The molecule has 0 aliphatic heterocycles. The molecule has 94 valence electrons. The highest BCUT2D eigenvalue weighted by atomic mass is 32.1. The van der Waals surface area contributed by atoms with Crippen LogP contribution in [0.25, 0.3) is 0 Å². The number of rotatable bonds is 6. The van der Waals surface area contributed by atoms with Crippen LogP contribution in [0.15, 0.2) is 17.5 Å². The lowest BCUT2D eigenvalue weighted by molar-refractivity contribution is -0.137. The predicted molar refractivity (Wildman–Crippen MR) is 69.5 cm³/mol. The lowest BCUT2D eigenvalue weighted by Crippen LogP contribution is -2.39. The van der Waals surface area contributed by atoms with Crippen molar-refractivity contribution in [1.82, 2.24) is 5.32 Å². The van der Waals surface area contributed by atoms with Gasteiger partial charge in [0.05, 0.1) is 6.42 Å². The largest absolute Gasteiger partial charge is 0.481 e. The maximum Gasteiger partial charge on any atom is 0.304 e. The Labute approximate surface area is 106 Å². The van der Waals surface area contributed by atoms with Crippen molar-refractivity contribution in [2.45, 2.75) is 50.6 Å². The van der Waals surface area contributed by atoms with Crippen molar-refractivity contribution in [3.63, 3.8) is 0 Å². The van der Waals surface area contributed by atoms with Gasteiger partial charge in [0.25, 0.3) is 0 Å². The van der Waals surface area contributed by atoms with Crippen molar-refractivity contribution >= 4 is 17.3 Å². The standard InChI is InChI=1S/C13H19NO2S/c15-13(16)9-11(8-12-6-3-7-17-12)14-10-4-1-2-5-10/h3,6-7,10-11,14H,1-2,4-5,8-9H2,(H,15,16). The first-order valence-electron chi connectivity index (χ1n) is 6.24. The van der Waals surface area contributed by atoms with Crippen LogP contribution in [0.3, 0.4) is 0 Å². The average Bonchev–Trinajstić information content (AvgIpc) is 2.89. The second-order valence-corrected chi connectivity index (χ2v) is 5.76. The first-order chi connectivity index (χ1) is 8.24. The number of thiophene rings is 1. The van der Waals surface area contributed by atoms with Crippen molar-refractivity contribution in [3.05, 3.63) is 22.4 Å². The van der Waals surface area contributed by atoms with Gasteiger partial charge >= 0.3 is 5.97 Å². The maximum atomic E-state index is 10.9. The summed E-state index contributed by atoms with van der Waals surface area (Å²) in [7, 11) is 0. The third-order valence-corrected chi connectivity index (χ3v) is 4.17. The van der Waals surface area contributed by atoms with Crippen molar-refractivity contribution in [2.24, 2.45) is 0 Å². The Balaban J connectivity index is 1.89. The number of carboxylic acids is 1. The zero-order chi connectivity index (χ0) is 12.1. The Kier molecular flexibility index (Phi) is 4.57. The van der Waals surface area contributed by atoms with Gasteiger partial charge in [-0.2, -0.15) is 0 Å². The molecule has 1 aromatic rings. The minimum Gasteiger partial charge on any atom is -0.481 e. The Morgan fingerprint density at radius 3 is 2.88 bits per heavy atom. The zero-order valence-electron chi connectivity index (χ0n) is 9.89. The summed E-state index contributed by atoms with van der Waals surface area (Å²) in [4.78, 5) is 12.1. The van der Waals surface area contributed by atoms with Gasteiger partial charge in [0.1, 0.15) is 0 Å². The van der Waals surface area contributed by atoms with E-state index in [1.807, 2.05) is 11.4 Å². The Bertz CT molecular complexity index is 344. The minimum atomic E-state index is -0.711. The van der Waals surface area contributed by atoms with Gasteiger partial charge in [0.15, 0.2) is 0 Å². The molecule has 1 atom stereocenters. The molecular formula is C13H19NO2S. The van der Waals surface area contributed by atoms with Crippen LogP contribution in [0.1, 0.15) is 37.0 Å². The second-order valence-electron chi connectivity index (χ2n) is 4.73. The Hall–Kier alpha value is -0.870. The molecule has 1 aromatic heterocycles. The summed E-state index contributed by atoms with van der Waals surface area (Å²) in [6.45, 7) is 0. The van der Waals surface area contributed by atoms with Crippen LogP contribution in [0.4, 0.5) is 0 Å². The van der Waals surface area contributed by atoms with Crippen LogP contribution in [0, 0.1) is 0 Å². The molecular weight excluding hydrogens is 234 g/mol. The van der Waals surface area contributed by atoms with E-state index in [9.17, 15) is 4.79 Å². The van der Waals surface area contributed by atoms with Crippen LogP contribution in [0.5, 0.6) is 0 Å². The molecule has 17 heavy (non-hydrogen) atoms. The van der Waals surface area contributed by atoms with E-state index in [0.717, 1.165) is 6.42 Å². The molecule has 0 saturated heterocycles. The fraction of sp³-hybridized carbons (Fsp3) is 0.615. The molecule has 0 amide bonds. The van der Waals surface area contributed by atoms with E-state index in [1.54, 1.807) is 11.3 Å². The lowest BCUT2D eigenvalue weighted by atomic mass is 10.1. The third-order valence-electron chi connectivity index (χ3n) is 3.28. The van der Waals surface area contributed by atoms with Gasteiger partial charge < -0.3 is 10.4 Å².